The molecular weight excluding hydrogens is 390 g/mol. The van der Waals surface area contributed by atoms with Crippen molar-refractivity contribution >= 4 is 33.4 Å². The Bertz CT molecular complexity index is 863. The number of ether oxygens (including phenoxy) is 1. The molecule has 0 amide bonds. The van der Waals surface area contributed by atoms with Gasteiger partial charge < -0.3 is 4.74 Å². The molecule has 0 aliphatic carbocycles. The van der Waals surface area contributed by atoms with E-state index in [4.69, 9.17) is 4.74 Å². The minimum absolute atomic E-state index is 0.00892. The van der Waals surface area contributed by atoms with Gasteiger partial charge in [0.2, 0.25) is 5.78 Å². The first-order chi connectivity index (χ1) is 11.7. The molecule has 0 fully saturated rings. The van der Waals surface area contributed by atoms with E-state index in [1.165, 1.54) is 19.1 Å². The Morgan fingerprint density at radius 1 is 1.08 bits per heavy atom. The minimum Gasteiger partial charge on any atom is -0.451 e. The number of nitrogens with zero attached hydrogens (tertiary/aromatic N) is 1. The van der Waals surface area contributed by atoms with Crippen molar-refractivity contribution in [2.45, 2.75) is 26.9 Å². The van der Waals surface area contributed by atoms with Gasteiger partial charge in [0.1, 0.15) is 0 Å². The van der Waals surface area contributed by atoms with Crippen LogP contribution in [0.5, 0.6) is 0 Å². The molecule has 0 saturated carbocycles. The average molecular weight is 406 g/mol. The van der Waals surface area contributed by atoms with Crippen molar-refractivity contribution in [3.05, 3.63) is 73.2 Å². The van der Waals surface area contributed by atoms with Crippen LogP contribution in [0.15, 0.2) is 40.9 Å². The molecule has 0 aliphatic heterocycles. The predicted molar refractivity (Wildman–Crippen MR) is 95.9 cm³/mol. The van der Waals surface area contributed by atoms with Crippen molar-refractivity contribution in [3.8, 4) is 0 Å². The number of ketones is 1. The van der Waals surface area contributed by atoms with Crippen molar-refractivity contribution in [1.29, 1.82) is 0 Å². The zero-order valence-electron chi connectivity index (χ0n) is 13.9. The van der Waals surface area contributed by atoms with Crippen LogP contribution < -0.4 is 0 Å². The standard InChI is InChI=1S/C18H16BrNO5/c1-10-4-5-13(8-11(10)2)17(21)12(3)25-18(22)14-6-7-15(19)16(9-14)20(23)24/h4-9,12H,1-3H3/t12-/m0/s1. The number of hydrogen-bond acceptors (Lipinski definition) is 5. The summed E-state index contributed by atoms with van der Waals surface area (Å²) in [7, 11) is 0. The fraction of sp³-hybridized carbons (Fsp3) is 0.222. The van der Waals surface area contributed by atoms with Crippen molar-refractivity contribution in [2.24, 2.45) is 0 Å². The number of hydrogen-bond donors (Lipinski definition) is 0. The van der Waals surface area contributed by atoms with Crippen LogP contribution in [-0.2, 0) is 4.74 Å². The molecule has 0 saturated heterocycles. The van der Waals surface area contributed by atoms with Crippen LogP contribution >= 0.6 is 15.9 Å². The number of carbonyl (C=O) groups excluding carboxylic acids is 2. The third-order valence-electron chi connectivity index (χ3n) is 3.82. The summed E-state index contributed by atoms with van der Waals surface area (Å²) in [6, 6.07) is 9.15. The Labute approximate surface area is 153 Å². The maximum absolute atomic E-state index is 12.4. The number of nitro groups is 1. The molecule has 25 heavy (non-hydrogen) atoms. The summed E-state index contributed by atoms with van der Waals surface area (Å²) in [5.74, 6) is -1.12. The molecule has 7 heteroatoms. The summed E-state index contributed by atoms with van der Waals surface area (Å²) in [6.07, 6.45) is -1.00. The molecule has 0 aromatic heterocycles. The van der Waals surface area contributed by atoms with Gasteiger partial charge in [-0.15, -0.1) is 0 Å². The van der Waals surface area contributed by atoms with Gasteiger partial charge >= 0.3 is 5.97 Å². The molecule has 0 N–H and O–H groups in total. The molecule has 0 bridgehead atoms. The quantitative estimate of drug-likeness (QED) is 0.318. The van der Waals surface area contributed by atoms with Gasteiger partial charge in [-0.3, -0.25) is 14.9 Å². The minimum atomic E-state index is -1.00. The lowest BCUT2D eigenvalue weighted by Crippen LogP contribution is -2.24. The van der Waals surface area contributed by atoms with Gasteiger partial charge in [-0.25, -0.2) is 4.79 Å². The van der Waals surface area contributed by atoms with E-state index in [2.05, 4.69) is 15.9 Å². The summed E-state index contributed by atoms with van der Waals surface area (Å²) in [4.78, 5) is 34.9. The fourth-order valence-electron chi connectivity index (χ4n) is 2.19. The Morgan fingerprint density at radius 2 is 1.72 bits per heavy atom. The fourth-order valence-corrected chi connectivity index (χ4v) is 2.58. The van der Waals surface area contributed by atoms with Crippen molar-refractivity contribution in [1.82, 2.24) is 0 Å². The van der Waals surface area contributed by atoms with E-state index >= 15 is 0 Å². The third kappa shape index (κ3) is 4.30. The zero-order chi connectivity index (χ0) is 18.7. The van der Waals surface area contributed by atoms with E-state index in [1.807, 2.05) is 19.9 Å². The lowest BCUT2D eigenvalue weighted by Gasteiger charge is -2.13. The second-order valence-corrected chi connectivity index (χ2v) is 6.49. The van der Waals surface area contributed by atoms with E-state index < -0.39 is 17.0 Å². The highest BCUT2D eigenvalue weighted by Gasteiger charge is 2.22. The van der Waals surface area contributed by atoms with E-state index in [-0.39, 0.29) is 21.5 Å². The Balaban J connectivity index is 2.16. The molecule has 2 rings (SSSR count). The smallest absolute Gasteiger partial charge is 0.339 e. The number of nitro benzene ring substituents is 1. The summed E-state index contributed by atoms with van der Waals surface area (Å²) in [5, 5.41) is 10.9. The van der Waals surface area contributed by atoms with Crippen molar-refractivity contribution < 1.29 is 19.2 Å². The lowest BCUT2D eigenvalue weighted by atomic mass is 10.0. The third-order valence-corrected chi connectivity index (χ3v) is 4.49. The number of benzene rings is 2. The summed E-state index contributed by atoms with van der Waals surface area (Å²) >= 11 is 3.05. The van der Waals surface area contributed by atoms with Crippen LogP contribution in [-0.4, -0.2) is 22.8 Å². The van der Waals surface area contributed by atoms with Gasteiger partial charge in [-0.2, -0.15) is 0 Å². The first kappa shape index (κ1) is 18.8. The van der Waals surface area contributed by atoms with E-state index in [9.17, 15) is 19.7 Å². The van der Waals surface area contributed by atoms with Crippen LogP contribution in [0.3, 0.4) is 0 Å². The summed E-state index contributed by atoms with van der Waals surface area (Å²) < 4.78 is 5.43. The van der Waals surface area contributed by atoms with Crippen LogP contribution in [0.2, 0.25) is 0 Å². The van der Waals surface area contributed by atoms with E-state index in [1.54, 1.807) is 12.1 Å². The molecule has 2 aromatic rings. The molecule has 1 atom stereocenters. The van der Waals surface area contributed by atoms with E-state index in [0.29, 0.717) is 5.56 Å². The van der Waals surface area contributed by atoms with Crippen molar-refractivity contribution in [2.75, 3.05) is 0 Å². The SMILES string of the molecule is Cc1ccc(C(=O)[C@H](C)OC(=O)c2ccc(Br)c([N+](=O)[O-])c2)cc1C. The topological polar surface area (TPSA) is 86.5 Å². The number of carbonyl (C=O) groups is 2. The highest BCUT2D eigenvalue weighted by atomic mass is 79.9. The van der Waals surface area contributed by atoms with E-state index in [0.717, 1.165) is 17.2 Å². The highest BCUT2D eigenvalue weighted by Crippen LogP contribution is 2.26. The molecule has 2 aromatic carbocycles. The normalized spacial score (nSPS) is 11.7. The molecule has 0 radical (unpaired) electrons. The van der Waals surface area contributed by atoms with Crippen LogP contribution in [0.1, 0.15) is 38.8 Å². The molecular formula is C18H16BrNO5. The largest absolute Gasteiger partial charge is 0.451 e. The van der Waals surface area contributed by atoms with Gasteiger partial charge in [0, 0.05) is 11.6 Å². The van der Waals surface area contributed by atoms with Crippen LogP contribution in [0.25, 0.3) is 0 Å². The van der Waals surface area contributed by atoms with Crippen LogP contribution in [0.4, 0.5) is 5.69 Å². The second kappa shape index (κ2) is 7.57. The molecule has 6 nitrogen and oxygen atoms in total. The van der Waals surface area contributed by atoms with Crippen molar-refractivity contribution in [3.63, 3.8) is 0 Å². The Hall–Kier alpha value is -2.54. The average Bonchev–Trinajstić information content (AvgIpc) is 2.56. The first-order valence-electron chi connectivity index (χ1n) is 7.47. The molecule has 0 heterocycles. The molecule has 130 valence electrons. The van der Waals surface area contributed by atoms with Gasteiger partial charge in [0.05, 0.1) is 15.0 Å². The van der Waals surface area contributed by atoms with Crippen LogP contribution in [0, 0.1) is 24.0 Å². The summed E-state index contributed by atoms with van der Waals surface area (Å²) in [6.45, 7) is 5.31. The lowest BCUT2D eigenvalue weighted by molar-refractivity contribution is -0.385. The van der Waals surface area contributed by atoms with Gasteiger partial charge in [0.15, 0.2) is 6.10 Å². The predicted octanol–water partition coefficient (Wildman–Crippen LogP) is 4.40. The number of halogens is 1. The number of rotatable bonds is 5. The summed E-state index contributed by atoms with van der Waals surface area (Å²) in [5.41, 5.74) is 2.23. The number of aryl methyl sites for hydroxylation is 2. The van der Waals surface area contributed by atoms with Gasteiger partial charge in [-0.1, -0.05) is 12.1 Å². The Kier molecular flexibility index (Phi) is 5.69. The zero-order valence-corrected chi connectivity index (χ0v) is 15.5. The number of Topliss-reactive ketones (excluding diaryl/α,β-unsaturated/α-hetero) is 1. The monoisotopic (exact) mass is 405 g/mol. The molecule has 0 unspecified atom stereocenters. The van der Waals surface area contributed by atoms with Gasteiger partial charge in [0.25, 0.3) is 5.69 Å². The molecule has 0 spiro atoms. The highest BCUT2D eigenvalue weighted by molar-refractivity contribution is 9.10. The number of esters is 1. The molecule has 0 aliphatic rings. The maximum atomic E-state index is 12.4. The first-order valence-corrected chi connectivity index (χ1v) is 8.26. The maximum Gasteiger partial charge on any atom is 0.339 e. The Morgan fingerprint density at radius 3 is 2.32 bits per heavy atom. The van der Waals surface area contributed by atoms with Gasteiger partial charge in [-0.05, 0) is 66.0 Å². The second-order valence-electron chi connectivity index (χ2n) is 5.63.